The van der Waals surface area contributed by atoms with Crippen molar-refractivity contribution in [2.45, 2.75) is 238 Å². The van der Waals surface area contributed by atoms with Crippen LogP contribution in [-0.4, -0.2) is 74.9 Å². The number of rotatable bonds is 35. The third-order valence-electron chi connectivity index (χ3n) is 10.00. The highest BCUT2D eigenvalue weighted by atomic mass is 31.2. The smallest absolute Gasteiger partial charge is 0.330 e. The first-order valence-corrected chi connectivity index (χ1v) is 22.9. The van der Waals surface area contributed by atoms with Gasteiger partial charge in [-0.2, -0.15) is 0 Å². The summed E-state index contributed by atoms with van der Waals surface area (Å²) in [6.45, 7) is 6.67. The maximum absolute atomic E-state index is 11.9. The molecule has 1 saturated carbocycles. The molecule has 1 fully saturated rings. The number of esters is 1. The van der Waals surface area contributed by atoms with Crippen molar-refractivity contribution in [1.82, 2.24) is 0 Å². The first-order chi connectivity index (χ1) is 25.6. The van der Waals surface area contributed by atoms with Crippen molar-refractivity contribution in [3.8, 4) is 0 Å². The van der Waals surface area contributed by atoms with E-state index in [-0.39, 0.29) is 37.9 Å². The fraction of sp³-hybridized carbons (Fsp3) is 0.952. The summed E-state index contributed by atoms with van der Waals surface area (Å²) < 4.78 is 15.8. The minimum atomic E-state index is -2.27. The second-order valence-electron chi connectivity index (χ2n) is 15.5. The van der Waals surface area contributed by atoms with Gasteiger partial charge in [-0.15, -0.1) is 0 Å². The van der Waals surface area contributed by atoms with Crippen molar-refractivity contribution < 1.29 is 48.7 Å². The molecule has 316 valence electrons. The molecule has 5 N–H and O–H groups in total. The Morgan fingerprint density at radius 2 is 1.00 bits per heavy atom. The summed E-state index contributed by atoms with van der Waals surface area (Å²) in [6.07, 6.45) is 30.4. The van der Waals surface area contributed by atoms with Gasteiger partial charge in [-0.3, -0.25) is 9.59 Å². The van der Waals surface area contributed by atoms with Crippen LogP contribution >= 0.6 is 8.60 Å². The highest BCUT2D eigenvalue weighted by Gasteiger charge is 2.37. The van der Waals surface area contributed by atoms with Gasteiger partial charge < -0.3 is 39.1 Å². The van der Waals surface area contributed by atoms with Gasteiger partial charge in [0.2, 0.25) is 0 Å². The van der Waals surface area contributed by atoms with E-state index in [1.807, 2.05) is 6.92 Å². The molecule has 0 aromatic rings. The summed E-state index contributed by atoms with van der Waals surface area (Å²) in [6, 6.07) is 0. The summed E-state index contributed by atoms with van der Waals surface area (Å²) in [5.74, 6) is -0.993. The summed E-state index contributed by atoms with van der Waals surface area (Å²) >= 11 is 0. The third-order valence-corrected chi connectivity index (χ3v) is 10.8. The van der Waals surface area contributed by atoms with Crippen LogP contribution in [-0.2, 0) is 23.4 Å². The van der Waals surface area contributed by atoms with E-state index in [2.05, 4.69) is 13.8 Å². The Hall–Kier alpha value is -0.870. The molecule has 6 unspecified atom stereocenters. The standard InChI is InChI=1S/C26H51O8P.C16H32O2/c1-3-4-5-6-7-8-9-10-11-12-13-14-15-16-25(29)32-19-21(2)20-33-35(31)34-24-18-22(27)17-23(28)26(24)30;1-2-3-4-5-6-7-8-9-10-11-12-13-14-15-16(17)18/h21-24,26-28,30-31H,3-20H2,1-2H3;2-15H2,1H3,(H,17,18). The van der Waals surface area contributed by atoms with Crippen molar-refractivity contribution >= 4 is 20.5 Å². The lowest BCUT2D eigenvalue weighted by atomic mass is 9.90. The van der Waals surface area contributed by atoms with Crippen molar-refractivity contribution in [1.29, 1.82) is 0 Å². The van der Waals surface area contributed by atoms with E-state index in [0.717, 1.165) is 32.1 Å². The van der Waals surface area contributed by atoms with Gasteiger partial charge in [0.05, 0.1) is 31.5 Å². The van der Waals surface area contributed by atoms with Crippen LogP contribution in [0.4, 0.5) is 0 Å². The molecule has 1 aliphatic carbocycles. The van der Waals surface area contributed by atoms with E-state index in [1.165, 1.54) is 135 Å². The van der Waals surface area contributed by atoms with E-state index < -0.39 is 39.0 Å². The molecule has 0 aromatic carbocycles. The number of hydrogen-bond acceptors (Lipinski definition) is 9. The van der Waals surface area contributed by atoms with E-state index in [0.29, 0.717) is 12.8 Å². The quantitative estimate of drug-likeness (QED) is 0.0238. The zero-order chi connectivity index (χ0) is 39.4. The second kappa shape index (κ2) is 38.0. The molecule has 1 aliphatic rings. The lowest BCUT2D eigenvalue weighted by Crippen LogP contribution is -2.46. The molecule has 1 rings (SSSR count). The van der Waals surface area contributed by atoms with Gasteiger partial charge in [-0.25, -0.2) is 0 Å². The Labute approximate surface area is 325 Å². The molecule has 11 heteroatoms. The number of carbonyl (C=O) groups excluding carboxylic acids is 1. The largest absolute Gasteiger partial charge is 0.481 e. The summed E-state index contributed by atoms with van der Waals surface area (Å²) in [5, 5.41) is 37.8. The van der Waals surface area contributed by atoms with Gasteiger partial charge in [-0.1, -0.05) is 175 Å². The maximum atomic E-state index is 11.9. The molecule has 6 atom stereocenters. The molecule has 0 heterocycles. The van der Waals surface area contributed by atoms with Crippen LogP contribution in [0.3, 0.4) is 0 Å². The van der Waals surface area contributed by atoms with E-state index in [9.17, 15) is 29.8 Å². The average molecular weight is 779 g/mol. The molecule has 0 aromatic heterocycles. The number of ether oxygens (including phenoxy) is 1. The average Bonchev–Trinajstić information content (AvgIpc) is 3.12. The van der Waals surface area contributed by atoms with E-state index in [4.69, 9.17) is 18.9 Å². The normalized spacial score (nSPS) is 19.7. The fourth-order valence-electron chi connectivity index (χ4n) is 6.55. The van der Waals surface area contributed by atoms with Crippen molar-refractivity contribution in [3.05, 3.63) is 0 Å². The first kappa shape index (κ1) is 52.1. The molecule has 0 saturated heterocycles. The molecule has 0 amide bonds. The van der Waals surface area contributed by atoms with Gasteiger partial charge in [0.15, 0.2) is 0 Å². The zero-order valence-electron chi connectivity index (χ0n) is 34.2. The Morgan fingerprint density at radius 1 is 0.604 bits per heavy atom. The molecule has 0 aliphatic heterocycles. The number of unbranched alkanes of at least 4 members (excludes halogenated alkanes) is 24. The SMILES string of the molecule is CCCCCCCCCCCCCCCC(=O)O.CCCCCCCCCCCCCCCC(=O)OCC(C)COP(O)OC1CC(O)CC(O)C1O. The molecule has 0 spiro atoms. The monoisotopic (exact) mass is 779 g/mol. The fourth-order valence-corrected chi connectivity index (χ4v) is 7.43. The number of carboxylic acids is 1. The number of hydrogen-bond donors (Lipinski definition) is 5. The van der Waals surface area contributed by atoms with Crippen LogP contribution in [0.2, 0.25) is 0 Å². The van der Waals surface area contributed by atoms with E-state index in [1.54, 1.807) is 0 Å². The lowest BCUT2D eigenvalue weighted by molar-refractivity contribution is -0.145. The molecule has 10 nitrogen and oxygen atoms in total. The van der Waals surface area contributed by atoms with Crippen LogP contribution in [0.25, 0.3) is 0 Å². The molecule has 53 heavy (non-hydrogen) atoms. The highest BCUT2D eigenvalue weighted by Crippen LogP contribution is 2.39. The predicted octanol–water partition coefficient (Wildman–Crippen LogP) is 10.7. The van der Waals surface area contributed by atoms with Crippen LogP contribution in [0, 0.1) is 5.92 Å². The Kier molecular flexibility index (Phi) is 37.4. The van der Waals surface area contributed by atoms with Crippen LogP contribution in [0.5, 0.6) is 0 Å². The molecule has 0 radical (unpaired) electrons. The highest BCUT2D eigenvalue weighted by molar-refractivity contribution is 7.40. The molecular formula is C42H83O10P. The van der Waals surface area contributed by atoms with Crippen molar-refractivity contribution in [2.24, 2.45) is 5.92 Å². The van der Waals surface area contributed by atoms with E-state index >= 15 is 0 Å². The molecular weight excluding hydrogens is 695 g/mol. The predicted molar refractivity (Wildman–Crippen MR) is 216 cm³/mol. The van der Waals surface area contributed by atoms with Crippen molar-refractivity contribution in [2.75, 3.05) is 13.2 Å². The Balaban J connectivity index is 0.00000126. The number of aliphatic hydroxyl groups is 3. The summed E-state index contributed by atoms with van der Waals surface area (Å²) in [7, 11) is -2.27. The van der Waals surface area contributed by atoms with Crippen LogP contribution in [0.15, 0.2) is 0 Å². The topological polar surface area (TPSA) is 163 Å². The Morgan fingerprint density at radius 3 is 1.42 bits per heavy atom. The maximum Gasteiger partial charge on any atom is 0.330 e. The number of aliphatic carboxylic acids is 1. The van der Waals surface area contributed by atoms with Gasteiger partial charge >= 0.3 is 20.5 Å². The Bertz CT molecular complexity index is 819. The van der Waals surface area contributed by atoms with Gasteiger partial charge in [-0.05, 0) is 12.8 Å². The number of carbonyl (C=O) groups is 2. The lowest BCUT2D eigenvalue weighted by Gasteiger charge is -2.34. The van der Waals surface area contributed by atoms with Gasteiger partial charge in [0.1, 0.15) is 6.10 Å². The third kappa shape index (κ3) is 35.3. The summed E-state index contributed by atoms with van der Waals surface area (Å²) in [5.41, 5.74) is 0. The molecule has 0 bridgehead atoms. The number of carboxylic acid groups (broad SMARTS) is 1. The zero-order valence-corrected chi connectivity index (χ0v) is 35.1. The minimum absolute atomic E-state index is 0.0763. The minimum Gasteiger partial charge on any atom is -0.481 e. The van der Waals surface area contributed by atoms with Gasteiger partial charge in [0.25, 0.3) is 0 Å². The first-order valence-electron chi connectivity index (χ1n) is 21.8. The second-order valence-corrected chi connectivity index (χ2v) is 16.5. The van der Waals surface area contributed by atoms with Crippen LogP contribution in [0.1, 0.15) is 213 Å². The number of aliphatic hydroxyl groups excluding tert-OH is 3. The van der Waals surface area contributed by atoms with Crippen molar-refractivity contribution in [3.63, 3.8) is 0 Å². The van der Waals surface area contributed by atoms with Crippen LogP contribution < -0.4 is 0 Å². The van der Waals surface area contributed by atoms with Gasteiger partial charge in [0, 0.05) is 31.6 Å². The summed E-state index contributed by atoms with van der Waals surface area (Å²) in [4.78, 5) is 32.2.